The van der Waals surface area contributed by atoms with Crippen LogP contribution < -0.4 is 14.2 Å². The van der Waals surface area contributed by atoms with Gasteiger partial charge in [0.15, 0.2) is 0 Å². The van der Waals surface area contributed by atoms with Gasteiger partial charge in [-0.05, 0) is 18.4 Å². The molecule has 0 bridgehead atoms. The summed E-state index contributed by atoms with van der Waals surface area (Å²) in [5.74, 6) is -0.0687. The third kappa shape index (κ3) is 3.93. The first-order valence-electron chi connectivity index (χ1n) is 7.38. The molecule has 0 saturated carbocycles. The number of ether oxygens (including phenoxy) is 2. The van der Waals surface area contributed by atoms with Crippen molar-refractivity contribution < 1.29 is 17.9 Å². The second-order valence-electron chi connectivity index (χ2n) is 4.89. The summed E-state index contributed by atoms with van der Waals surface area (Å²) in [6.45, 7) is 0. The zero-order chi connectivity index (χ0) is 19.4. The lowest BCUT2D eigenvalue weighted by molar-refractivity contribution is 0.339. The first-order chi connectivity index (χ1) is 13.0. The summed E-state index contributed by atoms with van der Waals surface area (Å²) in [4.78, 5) is 12.7. The normalized spacial score (nSPS) is 11.2. The predicted molar refractivity (Wildman–Crippen MR) is 96.9 cm³/mol. The number of sulfonamides is 1. The molecule has 1 aromatic carbocycles. The number of methoxy groups -OCH3 is 2. The van der Waals surface area contributed by atoms with Crippen LogP contribution in [0.25, 0.3) is 5.95 Å². The second kappa shape index (κ2) is 7.75. The molecule has 3 aromatic rings. The number of nitrogens with zero attached hydrogens (tertiary/aromatic N) is 6. The van der Waals surface area contributed by atoms with Crippen molar-refractivity contribution >= 4 is 27.7 Å². The van der Waals surface area contributed by atoms with Gasteiger partial charge in [-0.15, -0.1) is 26.9 Å². The molecule has 0 unspecified atom stereocenters. The highest BCUT2D eigenvalue weighted by Crippen LogP contribution is 2.26. The van der Waals surface area contributed by atoms with Gasteiger partial charge in [-0.2, -0.15) is 9.97 Å². The standard InChI is InChI=1S/C14H15N7O4S2/c1-24-13-16-11(17-14(18-13)25-2)21-8-15-19-12(21)20-27(22,23)10-7-5-4-6-9(10)26-3/h4-8H,1-3H3,(H,19,20). The van der Waals surface area contributed by atoms with Crippen LogP contribution in [-0.4, -0.2) is 58.6 Å². The average Bonchev–Trinajstić information content (AvgIpc) is 3.14. The summed E-state index contributed by atoms with van der Waals surface area (Å²) >= 11 is 1.32. The van der Waals surface area contributed by atoms with Gasteiger partial charge in [0.25, 0.3) is 10.0 Å². The molecule has 1 N–H and O–H groups in total. The molecule has 0 amide bonds. The van der Waals surface area contributed by atoms with E-state index < -0.39 is 10.0 Å². The van der Waals surface area contributed by atoms with Crippen molar-refractivity contribution in [1.29, 1.82) is 0 Å². The minimum Gasteiger partial charge on any atom is -0.467 e. The van der Waals surface area contributed by atoms with Crippen molar-refractivity contribution in [2.75, 3.05) is 25.2 Å². The summed E-state index contributed by atoms with van der Waals surface area (Å²) in [6.07, 6.45) is 3.05. The molecule has 0 atom stereocenters. The maximum Gasteiger partial charge on any atom is 0.324 e. The van der Waals surface area contributed by atoms with Crippen molar-refractivity contribution in [3.05, 3.63) is 30.6 Å². The van der Waals surface area contributed by atoms with E-state index in [0.717, 1.165) is 0 Å². The first kappa shape index (κ1) is 18.8. The number of aromatic nitrogens is 6. The zero-order valence-electron chi connectivity index (χ0n) is 14.5. The van der Waals surface area contributed by atoms with E-state index in [4.69, 9.17) is 9.47 Å². The van der Waals surface area contributed by atoms with Crippen LogP contribution in [0.15, 0.2) is 40.4 Å². The molecule has 0 spiro atoms. The Hall–Kier alpha value is -2.93. The van der Waals surface area contributed by atoms with Gasteiger partial charge < -0.3 is 9.47 Å². The van der Waals surface area contributed by atoms with Gasteiger partial charge in [0.05, 0.1) is 14.2 Å². The van der Waals surface area contributed by atoms with Gasteiger partial charge in [0.1, 0.15) is 11.2 Å². The minimum atomic E-state index is -3.92. The number of rotatable bonds is 7. The summed E-state index contributed by atoms with van der Waals surface area (Å²) < 4.78 is 39.2. The van der Waals surface area contributed by atoms with Gasteiger partial charge in [0.2, 0.25) is 11.9 Å². The fourth-order valence-corrected chi connectivity index (χ4v) is 4.23. The highest BCUT2D eigenvalue weighted by atomic mass is 32.2. The van der Waals surface area contributed by atoms with Crippen LogP contribution in [0.3, 0.4) is 0 Å². The Morgan fingerprint density at radius 2 is 1.74 bits per heavy atom. The summed E-state index contributed by atoms with van der Waals surface area (Å²) in [5.41, 5.74) is 0. The number of hydrogen-bond acceptors (Lipinski definition) is 10. The number of nitrogens with one attached hydrogen (secondary N) is 1. The lowest BCUT2D eigenvalue weighted by Gasteiger charge is -2.11. The van der Waals surface area contributed by atoms with Crippen LogP contribution in [-0.2, 0) is 10.0 Å². The van der Waals surface area contributed by atoms with E-state index in [2.05, 4.69) is 29.9 Å². The van der Waals surface area contributed by atoms with Crippen LogP contribution in [0.4, 0.5) is 5.95 Å². The molecule has 142 valence electrons. The van der Waals surface area contributed by atoms with E-state index in [1.54, 1.807) is 24.5 Å². The predicted octanol–water partition coefficient (Wildman–Crippen LogP) is 0.992. The van der Waals surface area contributed by atoms with E-state index >= 15 is 0 Å². The Kier molecular flexibility index (Phi) is 5.41. The van der Waals surface area contributed by atoms with Gasteiger partial charge in [-0.3, -0.25) is 0 Å². The van der Waals surface area contributed by atoms with Crippen LogP contribution in [0.2, 0.25) is 0 Å². The van der Waals surface area contributed by atoms with E-state index in [1.807, 2.05) is 0 Å². The Morgan fingerprint density at radius 3 is 2.37 bits per heavy atom. The van der Waals surface area contributed by atoms with E-state index in [0.29, 0.717) is 4.90 Å². The van der Waals surface area contributed by atoms with Gasteiger partial charge >= 0.3 is 12.0 Å². The smallest absolute Gasteiger partial charge is 0.324 e. The number of thioether (sulfide) groups is 1. The maximum atomic E-state index is 12.8. The Balaban J connectivity index is 2.01. The molecule has 0 fully saturated rings. The van der Waals surface area contributed by atoms with Crippen molar-refractivity contribution in [2.45, 2.75) is 9.79 Å². The molecular weight excluding hydrogens is 394 g/mol. The first-order valence-corrected chi connectivity index (χ1v) is 10.1. The van der Waals surface area contributed by atoms with E-state index in [1.165, 1.54) is 42.9 Å². The third-order valence-electron chi connectivity index (χ3n) is 3.30. The van der Waals surface area contributed by atoms with Crippen molar-refractivity contribution in [2.24, 2.45) is 0 Å². The van der Waals surface area contributed by atoms with Crippen LogP contribution in [0.1, 0.15) is 0 Å². The number of hydrogen-bond donors (Lipinski definition) is 1. The van der Waals surface area contributed by atoms with Gasteiger partial charge in [0, 0.05) is 4.90 Å². The van der Waals surface area contributed by atoms with Crippen LogP contribution in [0.5, 0.6) is 12.0 Å². The molecule has 0 saturated heterocycles. The number of benzene rings is 1. The molecule has 0 aliphatic carbocycles. The quantitative estimate of drug-likeness (QED) is 0.563. The van der Waals surface area contributed by atoms with Gasteiger partial charge in [-0.1, -0.05) is 12.1 Å². The maximum absolute atomic E-state index is 12.8. The second-order valence-corrected chi connectivity index (χ2v) is 7.39. The highest BCUT2D eigenvalue weighted by molar-refractivity contribution is 7.99. The Morgan fingerprint density at radius 1 is 1.07 bits per heavy atom. The van der Waals surface area contributed by atoms with Crippen molar-refractivity contribution in [1.82, 2.24) is 29.7 Å². The summed E-state index contributed by atoms with van der Waals surface area (Å²) in [7, 11) is -1.15. The highest BCUT2D eigenvalue weighted by Gasteiger charge is 2.22. The molecule has 2 aromatic heterocycles. The molecule has 0 aliphatic heterocycles. The molecule has 11 nitrogen and oxygen atoms in total. The van der Waals surface area contributed by atoms with E-state index in [9.17, 15) is 8.42 Å². The summed E-state index contributed by atoms with van der Waals surface area (Å²) in [5, 5.41) is 7.53. The molecule has 27 heavy (non-hydrogen) atoms. The molecule has 0 aliphatic rings. The zero-order valence-corrected chi connectivity index (χ0v) is 16.2. The molecule has 2 heterocycles. The lowest BCUT2D eigenvalue weighted by Crippen LogP contribution is -2.18. The van der Waals surface area contributed by atoms with Crippen molar-refractivity contribution in [3.63, 3.8) is 0 Å². The van der Waals surface area contributed by atoms with Crippen LogP contribution in [0, 0.1) is 0 Å². The minimum absolute atomic E-state index is 0.00733. The largest absolute Gasteiger partial charge is 0.467 e. The fraction of sp³-hybridized carbons (Fsp3) is 0.214. The SMILES string of the molecule is COc1nc(OC)nc(-n2cnnc2NS(=O)(=O)c2ccccc2SC)n1. The van der Waals surface area contributed by atoms with Crippen LogP contribution >= 0.6 is 11.8 Å². The topological polar surface area (TPSA) is 134 Å². The van der Waals surface area contributed by atoms with Crippen molar-refractivity contribution in [3.8, 4) is 18.0 Å². The monoisotopic (exact) mass is 409 g/mol. The number of anilines is 1. The van der Waals surface area contributed by atoms with E-state index in [-0.39, 0.29) is 28.8 Å². The third-order valence-corrected chi connectivity index (χ3v) is 5.61. The molecule has 0 radical (unpaired) electrons. The lowest BCUT2D eigenvalue weighted by atomic mass is 10.4. The average molecular weight is 409 g/mol. The molecule has 13 heteroatoms. The summed E-state index contributed by atoms with van der Waals surface area (Å²) in [6, 6.07) is 6.60. The molecular formula is C14H15N7O4S2. The fourth-order valence-electron chi connectivity index (χ4n) is 2.09. The Labute approximate surface area is 159 Å². The van der Waals surface area contributed by atoms with Gasteiger partial charge in [-0.25, -0.2) is 17.7 Å². The molecule has 3 rings (SSSR count). The Bertz CT molecular complexity index is 1030.